The number of amides is 1. The minimum atomic E-state index is -1.13. The standard InChI is InChI=1S/C18H12Br2N2O4/c19-13-1-4-15(5-2-13)22-18(25)12(9-21)7-11-8-14(20)3-6-16(11)26-10-17(23)24/h1-8H,10H2,(H,22,25)(H,23,24)/b12-7+. The number of ether oxygens (including phenoxy) is 1. The van der Waals surface area contributed by atoms with Gasteiger partial charge in [-0.05, 0) is 48.5 Å². The Balaban J connectivity index is 2.28. The molecule has 0 aliphatic heterocycles. The van der Waals surface area contributed by atoms with Crippen LogP contribution in [-0.4, -0.2) is 23.6 Å². The fourth-order valence-corrected chi connectivity index (χ4v) is 2.58. The molecule has 8 heteroatoms. The van der Waals surface area contributed by atoms with E-state index in [1.807, 2.05) is 6.07 Å². The summed E-state index contributed by atoms with van der Waals surface area (Å²) in [5.41, 5.74) is 0.797. The average Bonchev–Trinajstić information content (AvgIpc) is 2.60. The summed E-state index contributed by atoms with van der Waals surface area (Å²) in [5.74, 6) is -1.46. The van der Waals surface area contributed by atoms with E-state index in [2.05, 4.69) is 37.2 Å². The highest BCUT2D eigenvalue weighted by Crippen LogP contribution is 2.26. The summed E-state index contributed by atoms with van der Waals surface area (Å²) >= 11 is 6.60. The zero-order valence-corrected chi connectivity index (χ0v) is 16.4. The number of hydrogen-bond donors (Lipinski definition) is 2. The van der Waals surface area contributed by atoms with Gasteiger partial charge in [0.25, 0.3) is 5.91 Å². The number of nitrogens with zero attached hydrogens (tertiary/aromatic N) is 1. The number of carboxylic acid groups (broad SMARTS) is 1. The quantitative estimate of drug-likeness (QED) is 0.477. The number of hydrogen-bond acceptors (Lipinski definition) is 4. The van der Waals surface area contributed by atoms with Crippen molar-refractivity contribution in [2.75, 3.05) is 11.9 Å². The summed E-state index contributed by atoms with van der Waals surface area (Å²) in [6.07, 6.45) is 1.34. The molecule has 0 spiro atoms. The summed E-state index contributed by atoms with van der Waals surface area (Å²) in [5, 5.41) is 20.7. The molecular weight excluding hydrogens is 468 g/mol. The van der Waals surface area contributed by atoms with Crippen molar-refractivity contribution < 1.29 is 19.4 Å². The highest BCUT2D eigenvalue weighted by atomic mass is 79.9. The van der Waals surface area contributed by atoms with Gasteiger partial charge in [0.2, 0.25) is 0 Å². The zero-order valence-electron chi connectivity index (χ0n) is 13.2. The number of aliphatic carboxylic acids is 1. The second-order valence-electron chi connectivity index (χ2n) is 5.00. The fourth-order valence-electron chi connectivity index (χ4n) is 1.94. The van der Waals surface area contributed by atoms with Crippen LogP contribution in [0.25, 0.3) is 6.08 Å². The molecule has 0 saturated carbocycles. The van der Waals surface area contributed by atoms with Gasteiger partial charge in [-0.2, -0.15) is 5.26 Å². The van der Waals surface area contributed by atoms with Crippen molar-refractivity contribution in [2.45, 2.75) is 0 Å². The predicted molar refractivity (Wildman–Crippen MR) is 104 cm³/mol. The van der Waals surface area contributed by atoms with Crippen LogP contribution in [0.1, 0.15) is 5.56 Å². The summed E-state index contributed by atoms with van der Waals surface area (Å²) in [6.45, 7) is -0.532. The van der Waals surface area contributed by atoms with E-state index in [0.717, 1.165) is 4.47 Å². The Labute approximate surface area is 166 Å². The molecule has 0 unspecified atom stereocenters. The maximum Gasteiger partial charge on any atom is 0.341 e. The molecule has 2 N–H and O–H groups in total. The van der Waals surface area contributed by atoms with Gasteiger partial charge in [-0.3, -0.25) is 4.79 Å². The third-order valence-electron chi connectivity index (χ3n) is 3.09. The minimum absolute atomic E-state index is 0.147. The van der Waals surface area contributed by atoms with Crippen molar-refractivity contribution in [3.63, 3.8) is 0 Å². The van der Waals surface area contributed by atoms with E-state index in [9.17, 15) is 14.9 Å². The van der Waals surface area contributed by atoms with E-state index in [0.29, 0.717) is 15.7 Å². The first kappa shape index (κ1) is 19.7. The van der Waals surface area contributed by atoms with E-state index in [-0.39, 0.29) is 11.3 Å². The lowest BCUT2D eigenvalue weighted by molar-refractivity contribution is -0.139. The molecule has 0 heterocycles. The minimum Gasteiger partial charge on any atom is -0.481 e. The topological polar surface area (TPSA) is 99.4 Å². The smallest absolute Gasteiger partial charge is 0.341 e. The van der Waals surface area contributed by atoms with Crippen LogP contribution in [0.15, 0.2) is 57.0 Å². The van der Waals surface area contributed by atoms with E-state index < -0.39 is 18.5 Å². The molecular formula is C18H12Br2N2O4. The number of rotatable bonds is 6. The molecule has 0 fully saturated rings. The molecule has 0 saturated heterocycles. The SMILES string of the molecule is N#C/C(=C\c1cc(Br)ccc1OCC(=O)O)C(=O)Nc1ccc(Br)cc1. The highest BCUT2D eigenvalue weighted by Gasteiger charge is 2.12. The van der Waals surface area contributed by atoms with Crippen molar-refractivity contribution in [3.8, 4) is 11.8 Å². The van der Waals surface area contributed by atoms with Crippen molar-refractivity contribution in [1.82, 2.24) is 0 Å². The van der Waals surface area contributed by atoms with Gasteiger partial charge in [0.15, 0.2) is 6.61 Å². The lowest BCUT2D eigenvalue weighted by Gasteiger charge is -2.09. The monoisotopic (exact) mass is 478 g/mol. The van der Waals surface area contributed by atoms with Crippen LogP contribution in [0.4, 0.5) is 5.69 Å². The van der Waals surface area contributed by atoms with Gasteiger partial charge in [-0.15, -0.1) is 0 Å². The Morgan fingerprint density at radius 2 is 1.81 bits per heavy atom. The van der Waals surface area contributed by atoms with Crippen LogP contribution in [0.3, 0.4) is 0 Å². The highest BCUT2D eigenvalue weighted by molar-refractivity contribution is 9.10. The number of carboxylic acids is 1. The van der Waals surface area contributed by atoms with Crippen molar-refractivity contribution in [3.05, 3.63) is 62.5 Å². The molecule has 2 rings (SSSR count). The van der Waals surface area contributed by atoms with Crippen LogP contribution in [-0.2, 0) is 9.59 Å². The first-order valence-corrected chi connectivity index (χ1v) is 8.80. The first-order valence-electron chi connectivity index (χ1n) is 7.22. The van der Waals surface area contributed by atoms with E-state index in [4.69, 9.17) is 9.84 Å². The molecule has 1 amide bonds. The van der Waals surface area contributed by atoms with Crippen LogP contribution < -0.4 is 10.1 Å². The van der Waals surface area contributed by atoms with Crippen LogP contribution in [0.2, 0.25) is 0 Å². The third kappa shape index (κ3) is 5.72. The lowest BCUT2D eigenvalue weighted by Crippen LogP contribution is -2.13. The molecule has 2 aromatic rings. The van der Waals surface area contributed by atoms with E-state index in [1.54, 1.807) is 42.5 Å². The summed E-state index contributed by atoms with van der Waals surface area (Å²) in [7, 11) is 0. The Bertz CT molecular complexity index is 902. The molecule has 0 radical (unpaired) electrons. The molecule has 0 bridgehead atoms. The van der Waals surface area contributed by atoms with Crippen LogP contribution in [0, 0.1) is 11.3 Å². The molecule has 132 valence electrons. The summed E-state index contributed by atoms with van der Waals surface area (Å²) in [4.78, 5) is 23.0. The van der Waals surface area contributed by atoms with Crippen LogP contribution in [0.5, 0.6) is 5.75 Å². The number of nitrogens with one attached hydrogen (secondary N) is 1. The predicted octanol–water partition coefficient (Wildman–Crippen LogP) is 4.22. The third-order valence-corrected chi connectivity index (χ3v) is 4.11. The van der Waals surface area contributed by atoms with E-state index >= 15 is 0 Å². The average molecular weight is 480 g/mol. The Hall–Kier alpha value is -2.63. The van der Waals surface area contributed by atoms with Gasteiger partial charge in [0.1, 0.15) is 17.4 Å². The Kier molecular flexibility index (Phi) is 6.95. The van der Waals surface area contributed by atoms with Crippen molar-refractivity contribution in [2.24, 2.45) is 0 Å². The molecule has 0 atom stereocenters. The van der Waals surface area contributed by atoms with Gasteiger partial charge in [0, 0.05) is 20.2 Å². The number of carbonyl (C=O) groups is 2. The van der Waals surface area contributed by atoms with Gasteiger partial charge in [-0.1, -0.05) is 31.9 Å². The molecule has 6 nitrogen and oxygen atoms in total. The molecule has 0 aliphatic rings. The van der Waals surface area contributed by atoms with Gasteiger partial charge < -0.3 is 15.2 Å². The second kappa shape index (κ2) is 9.17. The molecule has 26 heavy (non-hydrogen) atoms. The maximum atomic E-state index is 12.3. The molecule has 0 aromatic heterocycles. The van der Waals surface area contributed by atoms with Gasteiger partial charge in [0.05, 0.1) is 0 Å². The second-order valence-corrected chi connectivity index (χ2v) is 6.83. The fraction of sp³-hybridized carbons (Fsp3) is 0.0556. The molecule has 2 aromatic carbocycles. The number of halogens is 2. The number of benzene rings is 2. The van der Waals surface area contributed by atoms with Crippen molar-refractivity contribution >= 4 is 55.5 Å². The largest absolute Gasteiger partial charge is 0.481 e. The Morgan fingerprint density at radius 1 is 1.15 bits per heavy atom. The number of carbonyl (C=O) groups excluding carboxylic acids is 1. The summed E-state index contributed by atoms with van der Waals surface area (Å²) < 4.78 is 6.75. The van der Waals surface area contributed by atoms with Crippen LogP contribution >= 0.6 is 31.9 Å². The number of anilines is 1. The van der Waals surface area contributed by atoms with Crippen molar-refractivity contribution in [1.29, 1.82) is 5.26 Å². The Morgan fingerprint density at radius 3 is 2.42 bits per heavy atom. The zero-order chi connectivity index (χ0) is 19.1. The number of nitriles is 1. The van der Waals surface area contributed by atoms with Gasteiger partial charge >= 0.3 is 5.97 Å². The normalized spacial score (nSPS) is 10.7. The lowest BCUT2D eigenvalue weighted by atomic mass is 10.1. The maximum absolute atomic E-state index is 12.3. The van der Waals surface area contributed by atoms with E-state index in [1.165, 1.54) is 6.08 Å². The molecule has 0 aliphatic carbocycles. The summed E-state index contributed by atoms with van der Waals surface area (Å²) in [6, 6.07) is 13.6. The first-order chi connectivity index (χ1) is 12.4. The van der Waals surface area contributed by atoms with Gasteiger partial charge in [-0.25, -0.2) is 4.79 Å².